The van der Waals surface area contributed by atoms with E-state index in [9.17, 15) is 13.4 Å². The summed E-state index contributed by atoms with van der Waals surface area (Å²) in [5.74, 6) is 1.35. The van der Waals surface area contributed by atoms with Gasteiger partial charge in [0.25, 0.3) is 5.91 Å². The Kier molecular flexibility index (Phi) is 4.76. The van der Waals surface area contributed by atoms with Gasteiger partial charge in [0, 0.05) is 11.5 Å². The predicted octanol–water partition coefficient (Wildman–Crippen LogP) is 4.28. The average Bonchev–Trinajstić information content (AvgIpc) is 3.51. The van der Waals surface area contributed by atoms with E-state index in [1.807, 2.05) is 0 Å². The van der Waals surface area contributed by atoms with Crippen molar-refractivity contribution in [3.8, 4) is 11.5 Å². The molecule has 5 aliphatic rings. The van der Waals surface area contributed by atoms with Gasteiger partial charge in [-0.25, -0.2) is 13.4 Å². The third kappa shape index (κ3) is 3.67. The molecule has 0 radical (unpaired) electrons. The first-order chi connectivity index (χ1) is 14.3. The van der Waals surface area contributed by atoms with Crippen molar-refractivity contribution in [2.75, 3.05) is 13.7 Å². The Labute approximate surface area is 177 Å². The number of halogens is 1. The van der Waals surface area contributed by atoms with Crippen LogP contribution in [0, 0.1) is 33.8 Å². The number of hydrogen-bond acceptors (Lipinski definition) is 5. The van der Waals surface area contributed by atoms with Gasteiger partial charge in [0.15, 0.2) is 11.5 Å². The molecule has 2 N–H and O–H groups in total. The number of carbonyl (C=O) groups is 1. The van der Waals surface area contributed by atoms with E-state index in [4.69, 9.17) is 14.3 Å². The summed E-state index contributed by atoms with van der Waals surface area (Å²) in [6.45, 7) is 0.542. The monoisotopic (exact) mass is 436 g/mol. The third-order valence-electron chi connectivity index (χ3n) is 7.43. The Morgan fingerprint density at radius 2 is 1.77 bits per heavy atom. The zero-order chi connectivity index (χ0) is 21.1. The predicted molar refractivity (Wildman–Crippen MR) is 110 cm³/mol. The third-order valence-corrected chi connectivity index (χ3v) is 9.33. The van der Waals surface area contributed by atoms with Crippen LogP contribution >= 0.6 is 0 Å². The normalized spacial score (nSPS) is 33.7. The van der Waals surface area contributed by atoms with Gasteiger partial charge < -0.3 is 9.47 Å². The summed E-state index contributed by atoms with van der Waals surface area (Å²) in [5.41, 5.74) is -0.109. The Bertz CT molecular complexity index is 938. The van der Waals surface area contributed by atoms with Crippen LogP contribution in [0.4, 0.5) is 4.39 Å². The van der Waals surface area contributed by atoms with E-state index in [-0.39, 0.29) is 27.7 Å². The summed E-state index contributed by atoms with van der Waals surface area (Å²) in [6.07, 6.45) is 8.89. The highest BCUT2D eigenvalue weighted by molar-refractivity contribution is 7.92. The van der Waals surface area contributed by atoms with Crippen LogP contribution < -0.4 is 14.2 Å². The van der Waals surface area contributed by atoms with Gasteiger partial charge in [-0.15, -0.1) is 0 Å². The lowest BCUT2D eigenvalue weighted by molar-refractivity contribution is -0.0748. The van der Waals surface area contributed by atoms with Crippen LogP contribution in [-0.4, -0.2) is 29.1 Å². The maximum Gasteiger partial charge on any atom is 0.266 e. The zero-order valence-corrected chi connectivity index (χ0v) is 18.1. The SMILES string of the molecule is COc1cc(C(=O)NS(=N)(=O)C2CC2)c(F)cc1OCC12CC3CC(CC(C3)C1)C2. The van der Waals surface area contributed by atoms with Gasteiger partial charge in [0.1, 0.15) is 15.7 Å². The van der Waals surface area contributed by atoms with Crippen molar-refractivity contribution in [3.05, 3.63) is 23.5 Å². The van der Waals surface area contributed by atoms with Crippen LogP contribution in [0.3, 0.4) is 0 Å². The Hall–Kier alpha value is -1.83. The molecule has 5 aliphatic carbocycles. The quantitative estimate of drug-likeness (QED) is 0.668. The maximum absolute atomic E-state index is 14.7. The molecule has 4 bridgehead atoms. The molecule has 164 valence electrons. The van der Waals surface area contributed by atoms with E-state index in [1.165, 1.54) is 57.8 Å². The molecule has 0 saturated heterocycles. The molecule has 1 atom stereocenters. The minimum absolute atomic E-state index is 0.174. The molecule has 0 spiro atoms. The second-order valence-corrected chi connectivity index (χ2v) is 12.0. The number of nitrogens with one attached hydrogen (secondary N) is 2. The van der Waals surface area contributed by atoms with Gasteiger partial charge in [0.2, 0.25) is 0 Å². The molecule has 6 rings (SSSR count). The number of amides is 1. The standard InChI is InChI=1S/C22H29FN2O4S/c1-28-19-7-17(21(26)25-30(24,27)16-2-3-16)18(23)8-20(19)29-12-22-9-13-4-14(10-22)6-15(5-13)11-22/h7-8,13-16H,2-6,9-12H2,1H3,(H2,24,25,26,27). The summed E-state index contributed by atoms with van der Waals surface area (Å²) in [4.78, 5) is 12.4. The van der Waals surface area contributed by atoms with Crippen LogP contribution in [0.2, 0.25) is 0 Å². The Morgan fingerprint density at radius 3 is 2.30 bits per heavy atom. The molecule has 1 aromatic carbocycles. The van der Waals surface area contributed by atoms with E-state index in [0.717, 1.165) is 17.8 Å². The first kappa shape index (κ1) is 20.1. The van der Waals surface area contributed by atoms with Crippen molar-refractivity contribution in [2.45, 2.75) is 56.6 Å². The zero-order valence-electron chi connectivity index (χ0n) is 17.2. The molecular weight excluding hydrogens is 407 g/mol. The fourth-order valence-corrected chi connectivity index (χ4v) is 7.71. The second kappa shape index (κ2) is 7.11. The summed E-state index contributed by atoms with van der Waals surface area (Å²) in [6, 6.07) is 2.46. The van der Waals surface area contributed by atoms with E-state index in [2.05, 4.69) is 4.72 Å². The molecule has 0 aromatic heterocycles. The smallest absolute Gasteiger partial charge is 0.266 e. The number of rotatable bonds is 7. The lowest BCUT2D eigenvalue weighted by atomic mass is 9.50. The van der Waals surface area contributed by atoms with Crippen molar-refractivity contribution >= 4 is 15.8 Å². The molecule has 0 aliphatic heterocycles. The van der Waals surface area contributed by atoms with Gasteiger partial charge in [0.05, 0.1) is 24.5 Å². The van der Waals surface area contributed by atoms with Crippen LogP contribution in [-0.2, 0) is 9.92 Å². The van der Waals surface area contributed by atoms with Crippen LogP contribution in [0.25, 0.3) is 0 Å². The first-order valence-electron chi connectivity index (χ1n) is 10.9. The molecule has 1 amide bonds. The summed E-state index contributed by atoms with van der Waals surface area (Å²) in [7, 11) is -1.81. The molecule has 6 nitrogen and oxygen atoms in total. The van der Waals surface area contributed by atoms with Gasteiger partial charge in [-0.2, -0.15) is 0 Å². The maximum atomic E-state index is 14.7. The summed E-state index contributed by atoms with van der Waals surface area (Å²) < 4.78 is 48.4. The van der Waals surface area contributed by atoms with Gasteiger partial charge >= 0.3 is 0 Å². The van der Waals surface area contributed by atoms with Gasteiger partial charge in [-0.3, -0.25) is 9.52 Å². The van der Waals surface area contributed by atoms with Gasteiger partial charge in [-0.05, 0) is 75.2 Å². The lowest BCUT2D eigenvalue weighted by Crippen LogP contribution is -2.48. The number of methoxy groups -OCH3 is 1. The lowest BCUT2D eigenvalue weighted by Gasteiger charge is -2.56. The first-order valence-corrected chi connectivity index (χ1v) is 12.5. The fourth-order valence-electron chi connectivity index (χ4n) is 6.36. The van der Waals surface area contributed by atoms with E-state index in [1.54, 1.807) is 0 Å². The Balaban J connectivity index is 1.32. The van der Waals surface area contributed by atoms with Crippen molar-refractivity contribution in [3.63, 3.8) is 0 Å². The molecule has 0 heterocycles. The van der Waals surface area contributed by atoms with E-state index < -0.39 is 21.6 Å². The highest BCUT2D eigenvalue weighted by Gasteiger charge is 2.51. The van der Waals surface area contributed by atoms with Crippen molar-refractivity contribution in [1.29, 1.82) is 4.78 Å². The molecule has 5 saturated carbocycles. The second-order valence-electron chi connectivity index (χ2n) is 9.92. The molecule has 30 heavy (non-hydrogen) atoms. The minimum atomic E-state index is -3.26. The molecule has 8 heteroatoms. The van der Waals surface area contributed by atoms with E-state index >= 15 is 0 Å². The fraction of sp³-hybridized carbons (Fsp3) is 0.682. The number of carbonyl (C=O) groups excluding carboxylic acids is 1. The number of hydrogen-bond donors (Lipinski definition) is 2. The van der Waals surface area contributed by atoms with Crippen LogP contribution in [0.15, 0.2) is 12.1 Å². The van der Waals surface area contributed by atoms with E-state index in [0.29, 0.717) is 19.4 Å². The Morgan fingerprint density at radius 1 is 1.17 bits per heavy atom. The summed E-state index contributed by atoms with van der Waals surface area (Å²) >= 11 is 0. The van der Waals surface area contributed by atoms with Crippen molar-refractivity contribution in [1.82, 2.24) is 4.72 Å². The topological polar surface area (TPSA) is 88.5 Å². The highest BCUT2D eigenvalue weighted by Crippen LogP contribution is 2.60. The van der Waals surface area contributed by atoms with Crippen LogP contribution in [0.1, 0.15) is 61.7 Å². The van der Waals surface area contributed by atoms with Crippen molar-refractivity contribution in [2.24, 2.45) is 23.2 Å². The van der Waals surface area contributed by atoms with Crippen molar-refractivity contribution < 1.29 is 22.9 Å². The largest absolute Gasteiger partial charge is 0.493 e. The number of benzene rings is 1. The van der Waals surface area contributed by atoms with Gasteiger partial charge in [-0.1, -0.05) is 0 Å². The highest BCUT2D eigenvalue weighted by atomic mass is 32.2. The molecular formula is C22H29FN2O4S. The molecule has 1 unspecified atom stereocenters. The molecule has 1 aromatic rings. The minimum Gasteiger partial charge on any atom is -0.493 e. The average molecular weight is 437 g/mol. The number of ether oxygens (including phenoxy) is 2. The van der Waals surface area contributed by atoms with Crippen LogP contribution in [0.5, 0.6) is 11.5 Å². The summed E-state index contributed by atoms with van der Waals surface area (Å²) in [5, 5.41) is -0.339. The molecule has 5 fully saturated rings.